The molecule has 8 nitrogen and oxygen atoms in total. The molecule has 3 fully saturated rings. The highest BCUT2D eigenvalue weighted by molar-refractivity contribution is 6.42. The fourth-order valence-electron chi connectivity index (χ4n) is 3.84. The van der Waals surface area contributed by atoms with E-state index in [2.05, 4.69) is 31.1 Å². The van der Waals surface area contributed by atoms with Crippen LogP contribution in [0.3, 0.4) is 0 Å². The molecule has 0 aliphatic carbocycles. The number of ether oxygens (including phenoxy) is 1. The maximum absolute atomic E-state index is 12.7. The number of carbonyl (C=O) groups excluding carboxylic acids is 1. The minimum Gasteiger partial charge on any atom is -0.379 e. The number of hydrogen-bond donors (Lipinski definition) is 4. The van der Waals surface area contributed by atoms with E-state index >= 15 is 0 Å². The molecule has 0 spiro atoms. The van der Waals surface area contributed by atoms with E-state index in [0.29, 0.717) is 23.3 Å². The summed E-state index contributed by atoms with van der Waals surface area (Å²) in [5.74, 6) is 0.0300. The highest BCUT2D eigenvalue weighted by Gasteiger charge is 2.43. The summed E-state index contributed by atoms with van der Waals surface area (Å²) in [5, 5.41) is 14.2. The standard InChI is InChI=1S/C18H26Cl2N6O2/c19-13-2-1-12(9-14(13)20)10-21-18-23-16-15(17(27)24-18)26(11-22-16)4-3-25-5-7-28-8-6-25/h1-2,9,15-16,18,21-23H,3-8,10-11H2,(H,24,27). The third-order valence-electron chi connectivity index (χ3n) is 5.43. The molecule has 0 radical (unpaired) electrons. The zero-order chi connectivity index (χ0) is 19.5. The van der Waals surface area contributed by atoms with Crippen molar-refractivity contribution in [3.63, 3.8) is 0 Å². The Morgan fingerprint density at radius 1 is 1.18 bits per heavy atom. The number of nitrogens with one attached hydrogen (secondary N) is 4. The van der Waals surface area contributed by atoms with Gasteiger partial charge in [-0.2, -0.15) is 0 Å². The lowest BCUT2D eigenvalue weighted by Crippen LogP contribution is -2.70. The zero-order valence-electron chi connectivity index (χ0n) is 15.6. The Hall–Kier alpha value is -0.970. The topological polar surface area (TPSA) is 80.9 Å². The van der Waals surface area contributed by atoms with Crippen LogP contribution in [-0.4, -0.2) is 80.3 Å². The van der Waals surface area contributed by atoms with Crippen LogP contribution in [0.5, 0.6) is 0 Å². The maximum atomic E-state index is 12.7. The summed E-state index contributed by atoms with van der Waals surface area (Å²) in [5.41, 5.74) is 0.999. The van der Waals surface area contributed by atoms with E-state index in [4.69, 9.17) is 27.9 Å². The summed E-state index contributed by atoms with van der Waals surface area (Å²) in [4.78, 5) is 17.3. The molecule has 0 saturated carbocycles. The number of halogens is 2. The van der Waals surface area contributed by atoms with E-state index in [1.54, 1.807) is 6.07 Å². The number of hydrogen-bond acceptors (Lipinski definition) is 7. The first kappa shape index (κ1) is 20.3. The molecule has 0 aromatic heterocycles. The van der Waals surface area contributed by atoms with Crippen LogP contribution in [0.25, 0.3) is 0 Å². The van der Waals surface area contributed by atoms with Gasteiger partial charge >= 0.3 is 0 Å². The van der Waals surface area contributed by atoms with Gasteiger partial charge in [-0.15, -0.1) is 0 Å². The first-order chi connectivity index (χ1) is 13.6. The van der Waals surface area contributed by atoms with Crippen LogP contribution in [0.2, 0.25) is 10.0 Å². The molecule has 4 N–H and O–H groups in total. The van der Waals surface area contributed by atoms with Gasteiger partial charge in [0.1, 0.15) is 12.3 Å². The number of amides is 1. The van der Waals surface area contributed by atoms with Gasteiger partial charge < -0.3 is 10.1 Å². The van der Waals surface area contributed by atoms with Crippen molar-refractivity contribution in [1.29, 1.82) is 0 Å². The van der Waals surface area contributed by atoms with E-state index in [1.165, 1.54) is 0 Å². The number of fused-ring (bicyclic) bond motifs is 1. The Bertz CT molecular complexity index is 703. The van der Waals surface area contributed by atoms with Crippen LogP contribution < -0.4 is 21.3 Å². The van der Waals surface area contributed by atoms with Crippen molar-refractivity contribution >= 4 is 29.1 Å². The molecule has 3 heterocycles. The SMILES string of the molecule is O=C1NC(NCc2ccc(Cl)c(Cl)c2)NC2NCN(CCN3CCOCC3)C12. The smallest absolute Gasteiger partial charge is 0.242 e. The fourth-order valence-corrected chi connectivity index (χ4v) is 4.17. The number of morpholine rings is 1. The molecule has 3 saturated heterocycles. The van der Waals surface area contributed by atoms with Gasteiger partial charge in [0.05, 0.1) is 36.1 Å². The molecule has 3 aliphatic heterocycles. The number of nitrogens with zero attached hydrogens (tertiary/aromatic N) is 2. The third kappa shape index (κ3) is 4.77. The van der Waals surface area contributed by atoms with E-state index in [9.17, 15) is 4.79 Å². The molecule has 3 unspecified atom stereocenters. The molecule has 1 aromatic carbocycles. The molecule has 0 bridgehead atoms. The molecule has 4 rings (SSSR count). The van der Waals surface area contributed by atoms with Crippen molar-refractivity contribution in [2.24, 2.45) is 0 Å². The molecule has 1 aromatic rings. The van der Waals surface area contributed by atoms with Crippen molar-refractivity contribution in [2.75, 3.05) is 46.1 Å². The molecule has 154 valence electrons. The molecule has 3 aliphatic rings. The second kappa shape index (κ2) is 9.23. The summed E-state index contributed by atoms with van der Waals surface area (Å²) in [7, 11) is 0. The Morgan fingerprint density at radius 2 is 2.00 bits per heavy atom. The highest BCUT2D eigenvalue weighted by Crippen LogP contribution is 2.22. The third-order valence-corrected chi connectivity index (χ3v) is 6.17. The van der Waals surface area contributed by atoms with Gasteiger partial charge in [0, 0.05) is 32.7 Å². The molecule has 10 heteroatoms. The van der Waals surface area contributed by atoms with Gasteiger partial charge in [-0.25, -0.2) is 0 Å². The lowest BCUT2D eigenvalue weighted by atomic mass is 10.1. The van der Waals surface area contributed by atoms with Crippen molar-refractivity contribution in [3.8, 4) is 0 Å². The van der Waals surface area contributed by atoms with Crippen LogP contribution in [0, 0.1) is 0 Å². The van der Waals surface area contributed by atoms with Gasteiger partial charge in [0.25, 0.3) is 0 Å². The number of rotatable bonds is 6. The number of benzene rings is 1. The highest BCUT2D eigenvalue weighted by atomic mass is 35.5. The van der Waals surface area contributed by atoms with Gasteiger partial charge in [-0.1, -0.05) is 29.3 Å². The minimum absolute atomic E-state index is 0.0300. The molecular weight excluding hydrogens is 403 g/mol. The van der Waals surface area contributed by atoms with Gasteiger partial charge in [-0.3, -0.25) is 30.5 Å². The fraction of sp³-hybridized carbons (Fsp3) is 0.611. The summed E-state index contributed by atoms with van der Waals surface area (Å²) in [6, 6.07) is 5.31. The van der Waals surface area contributed by atoms with Crippen LogP contribution >= 0.6 is 23.2 Å². The van der Waals surface area contributed by atoms with Crippen LogP contribution in [0.15, 0.2) is 18.2 Å². The molecule has 1 amide bonds. The average Bonchev–Trinajstić information content (AvgIpc) is 3.12. The number of carbonyl (C=O) groups is 1. The minimum atomic E-state index is -0.310. The lowest BCUT2D eigenvalue weighted by Gasteiger charge is -2.37. The monoisotopic (exact) mass is 428 g/mol. The maximum Gasteiger partial charge on any atom is 0.242 e. The Kier molecular flexibility index (Phi) is 6.70. The average molecular weight is 429 g/mol. The van der Waals surface area contributed by atoms with Crippen molar-refractivity contribution in [2.45, 2.75) is 25.0 Å². The largest absolute Gasteiger partial charge is 0.379 e. The van der Waals surface area contributed by atoms with Gasteiger partial charge in [0.15, 0.2) is 0 Å². The lowest BCUT2D eigenvalue weighted by molar-refractivity contribution is -0.130. The van der Waals surface area contributed by atoms with Gasteiger partial charge in [0.2, 0.25) is 5.91 Å². The van der Waals surface area contributed by atoms with E-state index in [0.717, 1.165) is 45.0 Å². The second-order valence-corrected chi connectivity index (χ2v) is 8.10. The Labute approximate surface area is 174 Å². The summed E-state index contributed by atoms with van der Waals surface area (Å²) in [6.07, 6.45) is -0.389. The predicted molar refractivity (Wildman–Crippen MR) is 108 cm³/mol. The van der Waals surface area contributed by atoms with E-state index in [1.807, 2.05) is 12.1 Å². The normalized spacial score (nSPS) is 28.9. The quantitative estimate of drug-likeness (QED) is 0.506. The predicted octanol–water partition coefficient (Wildman–Crippen LogP) is -0.0244. The van der Waals surface area contributed by atoms with Crippen LogP contribution in [0.1, 0.15) is 5.56 Å². The zero-order valence-corrected chi connectivity index (χ0v) is 17.1. The van der Waals surface area contributed by atoms with Crippen molar-refractivity contribution < 1.29 is 9.53 Å². The van der Waals surface area contributed by atoms with E-state index in [-0.39, 0.29) is 24.4 Å². The summed E-state index contributed by atoms with van der Waals surface area (Å²) >= 11 is 12.0. The van der Waals surface area contributed by atoms with Crippen LogP contribution in [0.4, 0.5) is 0 Å². The van der Waals surface area contributed by atoms with Crippen molar-refractivity contribution in [3.05, 3.63) is 33.8 Å². The summed E-state index contributed by atoms with van der Waals surface area (Å²) in [6.45, 7) is 6.55. The Morgan fingerprint density at radius 3 is 2.79 bits per heavy atom. The van der Waals surface area contributed by atoms with Gasteiger partial charge in [-0.05, 0) is 17.7 Å². The summed E-state index contributed by atoms with van der Waals surface area (Å²) < 4.78 is 5.39. The molecular formula is C18H26Cl2N6O2. The van der Waals surface area contributed by atoms with Crippen molar-refractivity contribution in [1.82, 2.24) is 31.1 Å². The molecule has 3 atom stereocenters. The van der Waals surface area contributed by atoms with Crippen LogP contribution in [-0.2, 0) is 16.1 Å². The second-order valence-electron chi connectivity index (χ2n) is 7.29. The Balaban J connectivity index is 1.27. The first-order valence-electron chi connectivity index (χ1n) is 9.61. The van der Waals surface area contributed by atoms with E-state index < -0.39 is 0 Å². The molecule has 28 heavy (non-hydrogen) atoms. The first-order valence-corrected chi connectivity index (χ1v) is 10.4.